The Morgan fingerprint density at radius 2 is 1.91 bits per heavy atom. The summed E-state index contributed by atoms with van der Waals surface area (Å²) < 4.78 is 25.1. The van der Waals surface area contributed by atoms with Gasteiger partial charge in [0.1, 0.15) is 12.4 Å². The molecule has 2 aromatic rings. The van der Waals surface area contributed by atoms with Crippen LogP contribution in [0.3, 0.4) is 0 Å². The van der Waals surface area contributed by atoms with Crippen LogP contribution < -0.4 is 14.8 Å². The molecule has 8 nitrogen and oxygen atoms in total. The number of amides is 3. The van der Waals surface area contributed by atoms with E-state index in [1.807, 2.05) is 6.07 Å². The first-order chi connectivity index (χ1) is 15.4. The lowest BCUT2D eigenvalue weighted by Gasteiger charge is -2.25. The van der Waals surface area contributed by atoms with Crippen LogP contribution in [-0.2, 0) is 4.79 Å². The highest BCUT2D eigenvalue weighted by molar-refractivity contribution is 6.03. The Morgan fingerprint density at radius 1 is 1.19 bits per heavy atom. The highest BCUT2D eigenvalue weighted by atomic mass is 19.1. The van der Waals surface area contributed by atoms with Gasteiger partial charge in [0.2, 0.25) is 0 Å². The highest BCUT2D eigenvalue weighted by Crippen LogP contribution is 2.37. The van der Waals surface area contributed by atoms with Gasteiger partial charge in [-0.3, -0.25) is 4.79 Å². The van der Waals surface area contributed by atoms with Crippen LogP contribution in [0.25, 0.3) is 0 Å². The number of carbonyl (C=O) groups excluding carboxylic acids is 2. The molecular formula is C23H27FN4O4. The molecule has 1 unspecified atom stereocenters. The molecule has 1 aliphatic rings. The van der Waals surface area contributed by atoms with Crippen LogP contribution in [0.15, 0.2) is 47.6 Å². The lowest BCUT2D eigenvalue weighted by Crippen LogP contribution is -2.43. The molecule has 0 aliphatic carbocycles. The number of urea groups is 1. The molecule has 170 valence electrons. The van der Waals surface area contributed by atoms with E-state index in [1.54, 1.807) is 44.4 Å². The summed E-state index contributed by atoms with van der Waals surface area (Å²) in [5.41, 5.74) is 1.55. The van der Waals surface area contributed by atoms with Crippen molar-refractivity contribution in [3.05, 3.63) is 59.4 Å². The summed E-state index contributed by atoms with van der Waals surface area (Å²) >= 11 is 0. The number of halogens is 1. The normalized spacial score (nSPS) is 15.2. The summed E-state index contributed by atoms with van der Waals surface area (Å²) in [6, 6.07) is 10.8. The van der Waals surface area contributed by atoms with Crippen molar-refractivity contribution in [3.63, 3.8) is 0 Å². The van der Waals surface area contributed by atoms with Crippen molar-refractivity contribution in [2.45, 2.75) is 19.4 Å². The third-order valence-corrected chi connectivity index (χ3v) is 5.19. The first-order valence-corrected chi connectivity index (χ1v) is 10.2. The molecule has 1 aliphatic heterocycles. The zero-order valence-electron chi connectivity index (χ0n) is 18.6. The van der Waals surface area contributed by atoms with Gasteiger partial charge in [0.25, 0.3) is 5.91 Å². The minimum Gasteiger partial charge on any atom is -0.493 e. The molecule has 0 saturated heterocycles. The van der Waals surface area contributed by atoms with E-state index in [4.69, 9.17) is 9.47 Å². The topological polar surface area (TPSA) is 83.5 Å². The molecule has 3 amide bonds. The van der Waals surface area contributed by atoms with Crippen LogP contribution in [0, 0.1) is 5.82 Å². The van der Waals surface area contributed by atoms with E-state index in [2.05, 4.69) is 10.4 Å². The van der Waals surface area contributed by atoms with Crippen molar-refractivity contribution in [1.29, 1.82) is 0 Å². The van der Waals surface area contributed by atoms with Crippen LogP contribution >= 0.6 is 0 Å². The fourth-order valence-corrected chi connectivity index (χ4v) is 3.55. The van der Waals surface area contributed by atoms with Gasteiger partial charge in [-0.2, -0.15) is 5.10 Å². The fraction of sp³-hybridized carbons (Fsp3) is 0.348. The van der Waals surface area contributed by atoms with Crippen LogP contribution in [0.1, 0.15) is 30.5 Å². The average molecular weight is 442 g/mol. The fourth-order valence-electron chi connectivity index (χ4n) is 3.55. The zero-order valence-corrected chi connectivity index (χ0v) is 18.6. The Kier molecular flexibility index (Phi) is 7.29. The van der Waals surface area contributed by atoms with E-state index >= 15 is 0 Å². The van der Waals surface area contributed by atoms with Gasteiger partial charge in [0.15, 0.2) is 11.5 Å². The molecule has 0 spiro atoms. The predicted octanol–water partition coefficient (Wildman–Crippen LogP) is 3.18. The molecule has 0 fully saturated rings. The standard InChI is InChI=1S/C23H27FN4O4/c1-5-25-23(30)27(2)14-22(29)28-19(15-10-11-20(31-3)21(12-15)32-4)13-18(26-28)16-8-6-7-9-17(16)24/h6-12,19H,5,13-14H2,1-4H3,(H,25,30). The number of likely N-dealkylation sites (N-methyl/N-ethyl adjacent to an activating group) is 1. The minimum absolute atomic E-state index is 0.177. The molecule has 0 bridgehead atoms. The second-order valence-electron chi connectivity index (χ2n) is 7.29. The molecule has 0 aromatic heterocycles. The van der Waals surface area contributed by atoms with Gasteiger partial charge in [-0.15, -0.1) is 0 Å². The van der Waals surface area contributed by atoms with Crippen molar-refractivity contribution < 1.29 is 23.5 Å². The Bertz CT molecular complexity index is 1030. The second-order valence-corrected chi connectivity index (χ2v) is 7.29. The molecule has 1 atom stereocenters. The number of methoxy groups -OCH3 is 2. The smallest absolute Gasteiger partial charge is 0.317 e. The van der Waals surface area contributed by atoms with E-state index in [9.17, 15) is 14.0 Å². The van der Waals surface area contributed by atoms with Gasteiger partial charge in [-0.1, -0.05) is 24.3 Å². The number of nitrogens with zero attached hydrogens (tertiary/aromatic N) is 3. The van der Waals surface area contributed by atoms with Crippen molar-refractivity contribution in [3.8, 4) is 11.5 Å². The zero-order chi connectivity index (χ0) is 23.3. The van der Waals surface area contributed by atoms with Gasteiger partial charge in [0, 0.05) is 25.6 Å². The Balaban J connectivity index is 1.95. The molecule has 1 N–H and O–H groups in total. The molecule has 32 heavy (non-hydrogen) atoms. The maximum Gasteiger partial charge on any atom is 0.317 e. The Morgan fingerprint density at radius 3 is 2.56 bits per heavy atom. The van der Waals surface area contributed by atoms with E-state index < -0.39 is 11.9 Å². The molecular weight excluding hydrogens is 415 g/mol. The average Bonchev–Trinajstić information content (AvgIpc) is 3.24. The molecule has 1 heterocycles. The van der Waals surface area contributed by atoms with Gasteiger partial charge >= 0.3 is 6.03 Å². The van der Waals surface area contributed by atoms with Crippen molar-refractivity contribution >= 4 is 17.6 Å². The molecule has 9 heteroatoms. The molecule has 0 saturated carbocycles. The first-order valence-electron chi connectivity index (χ1n) is 10.2. The summed E-state index contributed by atoms with van der Waals surface area (Å²) in [6.45, 7) is 2.07. The van der Waals surface area contributed by atoms with Gasteiger partial charge in [0.05, 0.1) is 26.0 Å². The van der Waals surface area contributed by atoms with Gasteiger partial charge < -0.3 is 19.7 Å². The Hall–Kier alpha value is -3.62. The largest absolute Gasteiger partial charge is 0.493 e. The minimum atomic E-state index is -0.487. The number of ether oxygens (including phenoxy) is 2. The summed E-state index contributed by atoms with van der Waals surface area (Å²) in [7, 11) is 4.60. The van der Waals surface area contributed by atoms with Crippen molar-refractivity contribution in [2.24, 2.45) is 5.10 Å². The van der Waals surface area contributed by atoms with Gasteiger partial charge in [-0.25, -0.2) is 14.2 Å². The number of hydrazone groups is 1. The quantitative estimate of drug-likeness (QED) is 0.714. The SMILES string of the molecule is CCNC(=O)N(C)CC(=O)N1N=C(c2ccccc2F)CC1c1ccc(OC)c(OC)c1. The highest BCUT2D eigenvalue weighted by Gasteiger charge is 2.35. The molecule has 0 radical (unpaired) electrons. The van der Waals surface area contributed by atoms with Gasteiger partial charge in [-0.05, 0) is 30.7 Å². The van der Waals surface area contributed by atoms with E-state index in [0.717, 1.165) is 5.56 Å². The van der Waals surface area contributed by atoms with Crippen LogP contribution in [0.5, 0.6) is 11.5 Å². The van der Waals surface area contributed by atoms with Crippen molar-refractivity contribution in [2.75, 3.05) is 34.4 Å². The number of hydrogen-bond donors (Lipinski definition) is 1. The number of rotatable bonds is 7. The summed E-state index contributed by atoms with van der Waals surface area (Å²) in [4.78, 5) is 26.5. The summed E-state index contributed by atoms with van der Waals surface area (Å²) in [5.74, 6) is 0.269. The first kappa shape index (κ1) is 23.1. The third kappa shape index (κ3) is 4.82. The monoisotopic (exact) mass is 442 g/mol. The van der Waals surface area contributed by atoms with Crippen molar-refractivity contribution in [1.82, 2.24) is 15.2 Å². The predicted molar refractivity (Wildman–Crippen MR) is 118 cm³/mol. The third-order valence-electron chi connectivity index (χ3n) is 5.19. The summed E-state index contributed by atoms with van der Waals surface area (Å²) in [5, 5.41) is 8.44. The summed E-state index contributed by atoms with van der Waals surface area (Å²) in [6.07, 6.45) is 0.313. The van der Waals surface area contributed by atoms with Crippen LogP contribution in [0.2, 0.25) is 0 Å². The van der Waals surface area contributed by atoms with E-state index in [0.29, 0.717) is 35.7 Å². The number of hydrogen-bond acceptors (Lipinski definition) is 5. The second kappa shape index (κ2) is 10.1. The number of carbonyl (C=O) groups is 2. The van der Waals surface area contributed by atoms with Crippen LogP contribution in [-0.4, -0.2) is 61.9 Å². The molecule has 3 rings (SSSR count). The maximum atomic E-state index is 14.4. The number of nitrogens with one attached hydrogen (secondary N) is 1. The van der Waals surface area contributed by atoms with E-state index in [1.165, 1.54) is 30.1 Å². The van der Waals surface area contributed by atoms with Crippen LogP contribution in [0.4, 0.5) is 9.18 Å². The lowest BCUT2D eigenvalue weighted by molar-refractivity contribution is -0.133. The maximum absolute atomic E-state index is 14.4. The van der Waals surface area contributed by atoms with E-state index in [-0.39, 0.29) is 18.5 Å². The Labute approximate surface area is 186 Å². The number of benzene rings is 2. The lowest BCUT2D eigenvalue weighted by atomic mass is 9.97. The molecule has 2 aromatic carbocycles.